The Bertz CT molecular complexity index is 4220. The zero-order chi connectivity index (χ0) is 78.0. The maximum atomic E-state index is 14.0. The molecule has 0 unspecified atom stereocenters. The standard InChI is InChI=1S/2C42H57Cl2N5OSSi2/c2*1-24(2)52(25(3)4,26(5)6)20-18-31-37-38(32(40-39(31)48-51-49-40)19-21-53(27(7)8,28(9)10)29(11)12)47-41(46-37)33-22-35(43)36(44)23-34(33)42(50)45-30-16-14-13-15-17-30/h2*22-30,48H,13-17H2,1-12H3,(H,45,50). The molecule has 8 aromatic rings. The number of fused-ring (bicyclic) bond motifs is 4. The third kappa shape index (κ3) is 16.5. The lowest BCUT2D eigenvalue weighted by molar-refractivity contribution is 0.0920. The Hall–Kier alpha value is -5.33. The number of hydrogen-bond donors (Lipinski definition) is 4. The zero-order valence-corrected chi connectivity index (χ0v) is 75.9. The van der Waals surface area contributed by atoms with Crippen LogP contribution in [0.5, 0.6) is 0 Å². The van der Waals surface area contributed by atoms with Crippen molar-refractivity contribution in [1.82, 2.24) is 48.1 Å². The lowest BCUT2D eigenvalue weighted by Gasteiger charge is -2.38. The molecular formula is C84H114Cl4N10O2S2Si4. The van der Waals surface area contributed by atoms with E-state index in [1.165, 1.54) is 36.3 Å². The fraction of sp³-hybridized carbons (Fsp3) is 0.571. The highest BCUT2D eigenvalue weighted by Crippen LogP contribution is 2.47. The summed E-state index contributed by atoms with van der Waals surface area (Å²) in [7, 11) is -8.49. The van der Waals surface area contributed by atoms with Gasteiger partial charge in [-0.05, 0) is 116 Å². The first-order valence-electron chi connectivity index (χ1n) is 39.0. The molecular weight excluding hydrogens is 1500 g/mol. The minimum atomic E-state index is -2.12. The number of imidazole rings is 2. The van der Waals surface area contributed by atoms with Crippen LogP contribution in [0.4, 0.5) is 0 Å². The molecule has 12 nitrogen and oxygen atoms in total. The molecule has 4 heterocycles. The van der Waals surface area contributed by atoms with E-state index in [2.05, 4.69) is 231 Å². The molecule has 10 rings (SSSR count). The number of carbonyl (C=O) groups is 2. The third-order valence-corrected chi connectivity index (χ3v) is 52.1. The van der Waals surface area contributed by atoms with Crippen LogP contribution < -0.4 is 10.6 Å². The van der Waals surface area contributed by atoms with Crippen LogP contribution in [0.2, 0.25) is 86.6 Å². The van der Waals surface area contributed by atoms with Gasteiger partial charge in [-0.3, -0.25) is 18.3 Å². The molecule has 106 heavy (non-hydrogen) atoms. The molecule has 4 aromatic heterocycles. The fourth-order valence-corrected chi connectivity index (χ4v) is 41.6. The molecule has 4 aromatic carbocycles. The average Bonchev–Trinajstić information content (AvgIpc) is 1.57. The van der Waals surface area contributed by atoms with Crippen LogP contribution in [0.15, 0.2) is 24.3 Å². The smallest absolute Gasteiger partial charge is 0.252 e. The second-order valence-corrected chi connectivity index (χ2v) is 58.9. The fourth-order valence-electron chi connectivity index (χ4n) is 18.9. The third-order valence-electron chi connectivity index (χ3n) is 24.3. The summed E-state index contributed by atoms with van der Waals surface area (Å²) in [6.45, 7) is 55.7. The van der Waals surface area contributed by atoms with Crippen molar-refractivity contribution in [2.45, 2.75) is 309 Å². The first kappa shape index (κ1) is 84.7. The second kappa shape index (κ2) is 34.9. The maximum absolute atomic E-state index is 14.0. The Morgan fingerprint density at radius 2 is 0.604 bits per heavy atom. The predicted octanol–water partition coefficient (Wildman–Crippen LogP) is 25.5. The van der Waals surface area contributed by atoms with Crippen LogP contribution in [-0.2, 0) is 0 Å². The van der Waals surface area contributed by atoms with Gasteiger partial charge in [0.25, 0.3) is 11.8 Å². The molecule has 0 saturated heterocycles. The number of amides is 2. The largest absolute Gasteiger partial charge is 0.349 e. The molecule has 0 atom stereocenters. The quantitative estimate of drug-likeness (QED) is 0.0486. The first-order valence-corrected chi connectivity index (χ1v) is 51.0. The molecule has 2 aliphatic carbocycles. The van der Waals surface area contributed by atoms with E-state index in [0.29, 0.717) is 143 Å². The van der Waals surface area contributed by atoms with Gasteiger partial charge in [0.15, 0.2) is 11.6 Å². The van der Waals surface area contributed by atoms with Crippen LogP contribution in [0.25, 0.3) is 66.9 Å². The van der Waals surface area contributed by atoms with Crippen molar-refractivity contribution in [3.8, 4) is 68.6 Å². The van der Waals surface area contributed by atoms with Crippen molar-refractivity contribution in [2.75, 3.05) is 0 Å². The highest BCUT2D eigenvalue weighted by molar-refractivity contribution is 7.00. The Morgan fingerprint density at radius 3 is 0.858 bits per heavy atom. The second-order valence-electron chi connectivity index (χ2n) is 33.8. The average molecular weight is 1610 g/mol. The van der Waals surface area contributed by atoms with Gasteiger partial charge < -0.3 is 10.6 Å². The van der Waals surface area contributed by atoms with E-state index in [0.717, 1.165) is 95.7 Å². The van der Waals surface area contributed by atoms with Gasteiger partial charge in [-0.1, -0.05) is 275 Å². The minimum absolute atomic E-state index is 0.120. The number of rotatable bonds is 18. The lowest BCUT2D eigenvalue weighted by Crippen LogP contribution is -2.43. The van der Waals surface area contributed by atoms with Gasteiger partial charge in [-0.15, -0.1) is 22.2 Å². The number of nitrogens with zero attached hydrogens (tertiary/aromatic N) is 6. The van der Waals surface area contributed by atoms with Gasteiger partial charge in [0.05, 0.1) is 64.5 Å². The number of aromatic nitrogens is 8. The number of hydrogen-bond acceptors (Lipinski definition) is 10. The summed E-state index contributed by atoms with van der Waals surface area (Å²) in [5.74, 6) is 15.2. The van der Waals surface area contributed by atoms with Crippen LogP contribution in [0, 0.1) is 45.9 Å². The summed E-state index contributed by atoms with van der Waals surface area (Å²) in [5.41, 5.74) is 32.0. The number of halogens is 4. The van der Waals surface area contributed by atoms with E-state index < -0.39 is 32.3 Å². The number of nitrogens with one attached hydrogen (secondary N) is 4. The zero-order valence-electron chi connectivity index (χ0n) is 67.3. The molecule has 2 aliphatic rings. The molecule has 0 radical (unpaired) electrons. The van der Waals surface area contributed by atoms with Crippen LogP contribution >= 0.6 is 69.9 Å². The van der Waals surface area contributed by atoms with E-state index in [9.17, 15) is 9.59 Å². The molecule has 568 valence electrons. The van der Waals surface area contributed by atoms with Crippen LogP contribution in [-0.4, -0.2) is 93.6 Å². The van der Waals surface area contributed by atoms with Crippen molar-refractivity contribution in [3.63, 3.8) is 0 Å². The van der Waals surface area contributed by atoms with Crippen molar-refractivity contribution < 1.29 is 9.59 Å². The SMILES string of the molecule is CC(C)[Si](C#Cc1c2nc(-c3cc(Cl)c(Cl)cc3C(=O)NC3CCCCC3)nc2c(C#C[Si](C(C)C)(C(C)C)C(C)C)c2[nH]snc12)(C(C)C)C(C)C.CC(C)[Si](C#Cc1c2nc(-c3cc(Cl)c(Cl)cc3C(=O)NC3CCCCC3)nc2c(C#C[Si](C(C)C)(C(C)C)C(C)C)c2[nH]snc12)(C(C)C)C(C)C. The number of H-pyrrole nitrogens is 2. The molecule has 2 amide bonds. The van der Waals surface area contributed by atoms with Gasteiger partial charge in [-0.25, -0.2) is 19.9 Å². The molecule has 4 N–H and O–H groups in total. The van der Waals surface area contributed by atoms with Gasteiger partial charge in [0.2, 0.25) is 0 Å². The summed E-state index contributed by atoms with van der Waals surface area (Å²) in [6, 6.07) is 6.98. The molecule has 0 aliphatic heterocycles. The van der Waals surface area contributed by atoms with Crippen molar-refractivity contribution in [3.05, 3.63) is 77.7 Å². The number of carbonyl (C=O) groups excluding carboxylic acids is 2. The van der Waals surface area contributed by atoms with Crippen molar-refractivity contribution in [1.29, 1.82) is 0 Å². The van der Waals surface area contributed by atoms with Gasteiger partial charge in [-0.2, -0.15) is 8.75 Å². The normalized spacial score (nSPS) is 14.6. The van der Waals surface area contributed by atoms with E-state index in [1.807, 2.05) is 0 Å². The van der Waals surface area contributed by atoms with Gasteiger partial charge in [0, 0.05) is 46.7 Å². The lowest BCUT2D eigenvalue weighted by atomic mass is 9.95. The van der Waals surface area contributed by atoms with Crippen LogP contribution in [0.3, 0.4) is 0 Å². The summed E-state index contributed by atoms with van der Waals surface area (Å²) in [6.07, 6.45) is 10.7. The summed E-state index contributed by atoms with van der Waals surface area (Å²) >= 11 is 29.1. The number of aromatic amines is 2. The summed E-state index contributed by atoms with van der Waals surface area (Å²) in [4.78, 5) is 48.9. The Balaban J connectivity index is 0.000000245. The molecule has 0 bridgehead atoms. The summed E-state index contributed by atoms with van der Waals surface area (Å²) < 4.78 is 16.7. The highest BCUT2D eigenvalue weighted by Gasteiger charge is 2.46. The highest BCUT2D eigenvalue weighted by atomic mass is 35.5. The van der Waals surface area contributed by atoms with Crippen molar-refractivity contribution >= 4 is 158 Å². The summed E-state index contributed by atoms with van der Waals surface area (Å²) in [5, 5.41) is 7.82. The minimum Gasteiger partial charge on any atom is -0.349 e. The molecule has 2 saturated carbocycles. The first-order chi connectivity index (χ1) is 49.9. The number of benzene rings is 4. The van der Waals surface area contributed by atoms with E-state index in [-0.39, 0.29) is 23.9 Å². The van der Waals surface area contributed by atoms with Gasteiger partial charge >= 0.3 is 0 Å². The predicted molar refractivity (Wildman–Crippen MR) is 465 cm³/mol. The Morgan fingerprint density at radius 1 is 0.368 bits per heavy atom. The van der Waals surface area contributed by atoms with Crippen LogP contribution in [0.1, 0.15) is 273 Å². The van der Waals surface area contributed by atoms with Crippen molar-refractivity contribution in [2.24, 2.45) is 0 Å². The van der Waals surface area contributed by atoms with E-state index in [4.69, 9.17) is 75.1 Å². The van der Waals surface area contributed by atoms with E-state index in [1.54, 1.807) is 24.3 Å². The molecule has 2 fully saturated rings. The van der Waals surface area contributed by atoms with E-state index >= 15 is 0 Å². The van der Waals surface area contributed by atoms with Gasteiger partial charge in [0.1, 0.15) is 65.4 Å². The maximum Gasteiger partial charge on any atom is 0.252 e. The molecule has 22 heteroatoms. The Kier molecular flexibility index (Phi) is 27.9. The monoisotopic (exact) mass is 1610 g/mol. The Labute approximate surface area is 665 Å². The molecule has 0 spiro atoms. The topological polar surface area (TPSA) is 167 Å².